The lowest BCUT2D eigenvalue weighted by Gasteiger charge is -2.23. The maximum atomic E-state index is 11.8. The van der Waals surface area contributed by atoms with Crippen molar-refractivity contribution in [3.63, 3.8) is 0 Å². The van der Waals surface area contributed by atoms with Crippen molar-refractivity contribution in [1.29, 1.82) is 0 Å². The van der Waals surface area contributed by atoms with Crippen LogP contribution in [0.15, 0.2) is 47.2 Å². The maximum Gasteiger partial charge on any atom is 0.255 e. The zero-order chi connectivity index (χ0) is 15.2. The van der Waals surface area contributed by atoms with E-state index in [-0.39, 0.29) is 11.8 Å². The largest absolute Gasteiger partial charge is 0.448 e. The number of amides is 1. The lowest BCUT2D eigenvalue weighted by molar-refractivity contribution is -0.131. The van der Waals surface area contributed by atoms with Crippen LogP contribution in [0.4, 0.5) is 0 Å². The number of carbonyl (C=O) groups is 1. The van der Waals surface area contributed by atoms with E-state index in [0.29, 0.717) is 12.3 Å². The summed E-state index contributed by atoms with van der Waals surface area (Å²) in [6.45, 7) is 4.21. The third kappa shape index (κ3) is 3.70. The average molecular weight is 288 g/mol. The van der Waals surface area contributed by atoms with Crippen LogP contribution < -0.4 is 5.48 Å². The lowest BCUT2D eigenvalue weighted by atomic mass is 9.82. The standard InChI is InChI=1S/C16H20N2O3/c1-11(12(2)13-6-4-3-5-7-13)10-14(15(19)18-20)16-17-8-9-21-16/h3-9,11-12,14,20H,10H2,1-2H3,(H,18,19). The molecule has 0 bridgehead atoms. The molecule has 0 radical (unpaired) electrons. The van der Waals surface area contributed by atoms with Gasteiger partial charge in [0.15, 0.2) is 0 Å². The Morgan fingerprint density at radius 2 is 2.05 bits per heavy atom. The highest BCUT2D eigenvalue weighted by atomic mass is 16.5. The van der Waals surface area contributed by atoms with E-state index >= 15 is 0 Å². The van der Waals surface area contributed by atoms with Crippen LogP contribution in [0.1, 0.15) is 43.6 Å². The Morgan fingerprint density at radius 3 is 2.62 bits per heavy atom. The van der Waals surface area contributed by atoms with Crippen LogP contribution in [-0.4, -0.2) is 16.1 Å². The van der Waals surface area contributed by atoms with Crippen LogP contribution >= 0.6 is 0 Å². The number of carbonyl (C=O) groups excluding carboxylic acids is 1. The van der Waals surface area contributed by atoms with Gasteiger partial charge in [0, 0.05) is 0 Å². The van der Waals surface area contributed by atoms with Crippen LogP contribution in [0.5, 0.6) is 0 Å². The van der Waals surface area contributed by atoms with Crippen LogP contribution in [-0.2, 0) is 4.79 Å². The molecule has 21 heavy (non-hydrogen) atoms. The van der Waals surface area contributed by atoms with E-state index in [1.807, 2.05) is 18.2 Å². The molecule has 1 amide bonds. The van der Waals surface area contributed by atoms with E-state index in [4.69, 9.17) is 9.62 Å². The highest BCUT2D eigenvalue weighted by molar-refractivity contribution is 5.81. The first-order valence-corrected chi connectivity index (χ1v) is 7.01. The molecule has 1 aromatic heterocycles. The molecule has 1 heterocycles. The van der Waals surface area contributed by atoms with E-state index in [1.54, 1.807) is 5.48 Å². The van der Waals surface area contributed by atoms with Crippen LogP contribution in [0, 0.1) is 5.92 Å². The number of hydrogen-bond acceptors (Lipinski definition) is 4. The van der Waals surface area contributed by atoms with Crippen LogP contribution in [0.3, 0.4) is 0 Å². The highest BCUT2D eigenvalue weighted by Gasteiger charge is 2.28. The molecule has 0 fully saturated rings. The fraction of sp³-hybridized carbons (Fsp3) is 0.375. The van der Waals surface area contributed by atoms with Gasteiger partial charge in [-0.3, -0.25) is 10.0 Å². The zero-order valence-corrected chi connectivity index (χ0v) is 12.2. The van der Waals surface area contributed by atoms with Crippen molar-refractivity contribution in [2.75, 3.05) is 0 Å². The van der Waals surface area contributed by atoms with Gasteiger partial charge in [-0.2, -0.15) is 0 Å². The smallest absolute Gasteiger partial charge is 0.255 e. The molecular formula is C16H20N2O3. The van der Waals surface area contributed by atoms with Gasteiger partial charge in [-0.25, -0.2) is 10.5 Å². The van der Waals surface area contributed by atoms with Gasteiger partial charge in [-0.1, -0.05) is 44.2 Å². The molecule has 2 rings (SSSR count). The summed E-state index contributed by atoms with van der Waals surface area (Å²) in [5.74, 6) is -0.249. The monoisotopic (exact) mass is 288 g/mol. The quantitative estimate of drug-likeness (QED) is 0.632. The predicted octanol–water partition coefficient (Wildman–Crippen LogP) is 3.09. The summed E-state index contributed by atoms with van der Waals surface area (Å²) in [4.78, 5) is 15.9. The molecule has 5 nitrogen and oxygen atoms in total. The van der Waals surface area contributed by atoms with E-state index in [9.17, 15) is 4.79 Å². The Morgan fingerprint density at radius 1 is 1.33 bits per heavy atom. The summed E-state index contributed by atoms with van der Waals surface area (Å²) in [6.07, 6.45) is 3.47. The fourth-order valence-electron chi connectivity index (χ4n) is 2.47. The van der Waals surface area contributed by atoms with E-state index in [0.717, 1.165) is 0 Å². The highest BCUT2D eigenvalue weighted by Crippen LogP contribution is 2.32. The molecule has 3 atom stereocenters. The average Bonchev–Trinajstić information content (AvgIpc) is 3.05. The van der Waals surface area contributed by atoms with Gasteiger partial charge in [-0.15, -0.1) is 0 Å². The van der Waals surface area contributed by atoms with Gasteiger partial charge < -0.3 is 4.42 Å². The minimum absolute atomic E-state index is 0.224. The minimum Gasteiger partial charge on any atom is -0.448 e. The fourth-order valence-corrected chi connectivity index (χ4v) is 2.47. The first-order chi connectivity index (χ1) is 10.1. The van der Waals surface area contributed by atoms with Gasteiger partial charge in [-0.05, 0) is 23.8 Å². The molecule has 0 aliphatic rings. The van der Waals surface area contributed by atoms with E-state index in [1.165, 1.54) is 18.0 Å². The summed E-state index contributed by atoms with van der Waals surface area (Å²) >= 11 is 0. The number of rotatable bonds is 6. The van der Waals surface area contributed by atoms with Crippen molar-refractivity contribution in [3.8, 4) is 0 Å². The van der Waals surface area contributed by atoms with Gasteiger partial charge in [0.1, 0.15) is 12.2 Å². The predicted molar refractivity (Wildman–Crippen MR) is 77.8 cm³/mol. The SMILES string of the molecule is CC(CC(C(=O)NO)c1ncco1)C(C)c1ccccc1. The molecule has 5 heteroatoms. The second-order valence-corrected chi connectivity index (χ2v) is 5.31. The van der Waals surface area contributed by atoms with Gasteiger partial charge in [0.2, 0.25) is 5.89 Å². The second-order valence-electron chi connectivity index (χ2n) is 5.31. The van der Waals surface area contributed by atoms with Crippen molar-refractivity contribution in [2.45, 2.75) is 32.1 Å². The number of oxazole rings is 1. The lowest BCUT2D eigenvalue weighted by Crippen LogP contribution is -2.28. The Kier molecular flexibility index (Phi) is 5.11. The third-order valence-corrected chi connectivity index (χ3v) is 3.96. The molecule has 0 aliphatic heterocycles. The molecule has 0 saturated heterocycles. The minimum atomic E-state index is -0.592. The summed E-state index contributed by atoms with van der Waals surface area (Å²) in [7, 11) is 0. The van der Waals surface area contributed by atoms with Crippen molar-refractivity contribution in [3.05, 3.63) is 54.2 Å². The normalized spacial score (nSPS) is 15.2. The number of hydrogen-bond donors (Lipinski definition) is 2. The van der Waals surface area contributed by atoms with Crippen molar-refractivity contribution in [2.24, 2.45) is 5.92 Å². The van der Waals surface area contributed by atoms with Gasteiger partial charge in [0.25, 0.3) is 5.91 Å². The molecule has 3 unspecified atom stereocenters. The van der Waals surface area contributed by atoms with Crippen LogP contribution in [0.25, 0.3) is 0 Å². The Balaban J connectivity index is 2.11. The van der Waals surface area contributed by atoms with Gasteiger partial charge in [0.05, 0.1) is 6.20 Å². The molecule has 2 aromatic rings. The van der Waals surface area contributed by atoms with Crippen molar-refractivity contribution >= 4 is 5.91 Å². The molecule has 0 saturated carbocycles. The topological polar surface area (TPSA) is 75.4 Å². The molecular weight excluding hydrogens is 268 g/mol. The number of nitrogens with one attached hydrogen (secondary N) is 1. The van der Waals surface area contributed by atoms with Gasteiger partial charge >= 0.3 is 0 Å². The zero-order valence-electron chi connectivity index (χ0n) is 12.2. The molecule has 1 aromatic carbocycles. The third-order valence-electron chi connectivity index (χ3n) is 3.96. The molecule has 112 valence electrons. The second kappa shape index (κ2) is 7.04. The number of benzene rings is 1. The number of hydroxylamine groups is 1. The van der Waals surface area contributed by atoms with Crippen molar-refractivity contribution in [1.82, 2.24) is 10.5 Å². The first-order valence-electron chi connectivity index (χ1n) is 7.01. The van der Waals surface area contributed by atoms with Crippen LogP contribution in [0.2, 0.25) is 0 Å². The van der Waals surface area contributed by atoms with E-state index in [2.05, 4.69) is 31.0 Å². The number of nitrogens with zero attached hydrogens (tertiary/aromatic N) is 1. The number of aromatic nitrogens is 1. The summed E-state index contributed by atoms with van der Waals surface area (Å²) in [5, 5.41) is 8.90. The summed E-state index contributed by atoms with van der Waals surface area (Å²) in [6, 6.07) is 10.1. The van der Waals surface area contributed by atoms with E-state index < -0.39 is 11.8 Å². The Labute approximate surface area is 124 Å². The maximum absolute atomic E-state index is 11.8. The first kappa shape index (κ1) is 15.3. The summed E-state index contributed by atoms with van der Waals surface area (Å²) in [5.41, 5.74) is 2.92. The summed E-state index contributed by atoms with van der Waals surface area (Å²) < 4.78 is 5.22. The molecule has 0 spiro atoms. The molecule has 0 aliphatic carbocycles. The Hall–Kier alpha value is -2.14. The Bertz CT molecular complexity index is 554. The molecule has 2 N–H and O–H groups in total. The van der Waals surface area contributed by atoms with Crippen molar-refractivity contribution < 1.29 is 14.4 Å².